The molecule has 1 aliphatic carbocycles. The van der Waals surface area contributed by atoms with Crippen LogP contribution in [0.5, 0.6) is 6.01 Å². The predicted octanol–water partition coefficient (Wildman–Crippen LogP) is 1.93. The molecule has 0 unspecified atom stereocenters. The molecule has 0 saturated heterocycles. The summed E-state index contributed by atoms with van der Waals surface area (Å²) in [6.45, 7) is 4.30. The normalized spacial score (nSPS) is 15.6. The van der Waals surface area contributed by atoms with Crippen molar-refractivity contribution in [3.05, 3.63) is 0 Å². The number of nitrogens with zero attached hydrogens (tertiary/aromatic N) is 3. The number of nitrogens with one attached hydrogen (secondary N) is 2. The van der Waals surface area contributed by atoms with E-state index in [9.17, 15) is 0 Å². The molecule has 1 fully saturated rings. The molecule has 0 aromatic carbocycles. The Kier molecular flexibility index (Phi) is 5.55. The van der Waals surface area contributed by atoms with Crippen LogP contribution in [0.4, 0.5) is 11.9 Å². The van der Waals surface area contributed by atoms with E-state index in [1.54, 1.807) is 14.2 Å². The molecular formula is C14H25N5O2. The van der Waals surface area contributed by atoms with Crippen LogP contribution in [0.1, 0.15) is 32.6 Å². The molecule has 0 aliphatic heterocycles. The van der Waals surface area contributed by atoms with Crippen molar-refractivity contribution in [1.82, 2.24) is 15.0 Å². The number of ether oxygens (including phenoxy) is 2. The van der Waals surface area contributed by atoms with E-state index in [0.29, 0.717) is 29.9 Å². The maximum atomic E-state index is 5.49. The molecule has 0 radical (unpaired) electrons. The van der Waals surface area contributed by atoms with Gasteiger partial charge in [0.15, 0.2) is 0 Å². The highest BCUT2D eigenvalue weighted by molar-refractivity contribution is 5.35. The third kappa shape index (κ3) is 4.70. The summed E-state index contributed by atoms with van der Waals surface area (Å²) in [6.07, 6.45) is 4.45. The maximum Gasteiger partial charge on any atom is 0.323 e. The molecule has 2 rings (SSSR count). The molecule has 1 heterocycles. The Balaban J connectivity index is 1.95. The van der Waals surface area contributed by atoms with Gasteiger partial charge < -0.3 is 20.1 Å². The largest absolute Gasteiger partial charge is 0.463 e. The molecule has 21 heavy (non-hydrogen) atoms. The number of hydrogen-bond acceptors (Lipinski definition) is 7. The molecule has 0 amide bonds. The van der Waals surface area contributed by atoms with Crippen molar-refractivity contribution in [3.63, 3.8) is 0 Å². The monoisotopic (exact) mass is 295 g/mol. The van der Waals surface area contributed by atoms with Crippen LogP contribution in [-0.4, -0.2) is 48.9 Å². The van der Waals surface area contributed by atoms with Crippen molar-refractivity contribution in [2.45, 2.75) is 32.6 Å². The van der Waals surface area contributed by atoms with Gasteiger partial charge in [-0.05, 0) is 31.1 Å². The minimum atomic E-state index is 0.340. The van der Waals surface area contributed by atoms with Gasteiger partial charge >= 0.3 is 6.01 Å². The van der Waals surface area contributed by atoms with Crippen LogP contribution in [0, 0.1) is 5.41 Å². The Labute approximate surface area is 125 Å². The van der Waals surface area contributed by atoms with E-state index in [4.69, 9.17) is 9.47 Å². The van der Waals surface area contributed by atoms with E-state index in [0.717, 1.165) is 26.0 Å². The van der Waals surface area contributed by atoms with Gasteiger partial charge in [-0.1, -0.05) is 6.92 Å². The summed E-state index contributed by atoms with van der Waals surface area (Å²) in [5, 5.41) is 6.24. The zero-order chi connectivity index (χ0) is 15.1. The van der Waals surface area contributed by atoms with Gasteiger partial charge in [-0.25, -0.2) is 0 Å². The summed E-state index contributed by atoms with van der Waals surface area (Å²) in [7, 11) is 3.52. The summed E-state index contributed by atoms with van der Waals surface area (Å²) in [4.78, 5) is 12.8. The zero-order valence-corrected chi connectivity index (χ0v) is 13.1. The first-order valence-electron chi connectivity index (χ1n) is 7.51. The Bertz CT molecular complexity index is 451. The molecule has 7 heteroatoms. The van der Waals surface area contributed by atoms with E-state index < -0.39 is 0 Å². The first kappa shape index (κ1) is 15.8. The van der Waals surface area contributed by atoms with Crippen LogP contribution in [0.15, 0.2) is 0 Å². The summed E-state index contributed by atoms with van der Waals surface area (Å²) < 4.78 is 10.7. The van der Waals surface area contributed by atoms with Gasteiger partial charge in [-0.2, -0.15) is 15.0 Å². The van der Waals surface area contributed by atoms with Crippen molar-refractivity contribution in [2.75, 3.05) is 44.5 Å². The molecule has 0 spiro atoms. The van der Waals surface area contributed by atoms with Gasteiger partial charge in [0.2, 0.25) is 11.9 Å². The lowest BCUT2D eigenvalue weighted by Gasteiger charge is -2.16. The topological polar surface area (TPSA) is 81.2 Å². The highest BCUT2D eigenvalue weighted by Gasteiger charge is 2.41. The predicted molar refractivity (Wildman–Crippen MR) is 81.8 cm³/mol. The van der Waals surface area contributed by atoms with Gasteiger partial charge in [-0.15, -0.1) is 0 Å². The van der Waals surface area contributed by atoms with E-state index >= 15 is 0 Å². The highest BCUT2D eigenvalue weighted by Crippen LogP contribution is 2.48. The Morgan fingerprint density at radius 2 is 1.90 bits per heavy atom. The second-order valence-electron chi connectivity index (χ2n) is 5.46. The van der Waals surface area contributed by atoms with E-state index in [2.05, 4.69) is 25.6 Å². The number of methoxy groups -OCH3 is 1. The van der Waals surface area contributed by atoms with Crippen molar-refractivity contribution in [2.24, 2.45) is 5.41 Å². The van der Waals surface area contributed by atoms with Gasteiger partial charge in [0.25, 0.3) is 0 Å². The zero-order valence-electron chi connectivity index (χ0n) is 13.1. The molecule has 118 valence electrons. The highest BCUT2D eigenvalue weighted by atomic mass is 16.5. The van der Waals surface area contributed by atoms with Crippen LogP contribution in [0.25, 0.3) is 0 Å². The van der Waals surface area contributed by atoms with Crippen LogP contribution in [0.2, 0.25) is 0 Å². The Morgan fingerprint density at radius 1 is 1.14 bits per heavy atom. The summed E-state index contributed by atoms with van der Waals surface area (Å²) in [6, 6.07) is 0.362. The minimum absolute atomic E-state index is 0.340. The van der Waals surface area contributed by atoms with Crippen LogP contribution < -0.4 is 15.4 Å². The van der Waals surface area contributed by atoms with E-state index in [1.165, 1.54) is 12.8 Å². The number of hydrogen-bond donors (Lipinski definition) is 2. The number of aromatic nitrogens is 3. The van der Waals surface area contributed by atoms with Gasteiger partial charge in [-0.3, -0.25) is 0 Å². The fraction of sp³-hybridized carbons (Fsp3) is 0.786. The summed E-state index contributed by atoms with van der Waals surface area (Å²) >= 11 is 0. The second-order valence-corrected chi connectivity index (χ2v) is 5.46. The van der Waals surface area contributed by atoms with Gasteiger partial charge in [0.1, 0.15) is 0 Å². The number of rotatable bonds is 10. The quantitative estimate of drug-likeness (QED) is 0.682. The van der Waals surface area contributed by atoms with Gasteiger partial charge in [0, 0.05) is 27.3 Å². The third-order valence-electron chi connectivity index (χ3n) is 3.69. The molecule has 0 bridgehead atoms. The average Bonchev–Trinajstić information content (AvgIpc) is 3.29. The van der Waals surface area contributed by atoms with E-state index in [-0.39, 0.29) is 0 Å². The fourth-order valence-electron chi connectivity index (χ4n) is 2.08. The maximum absolute atomic E-state index is 5.49. The molecule has 1 aromatic rings. The number of anilines is 2. The first-order valence-corrected chi connectivity index (χ1v) is 7.51. The smallest absolute Gasteiger partial charge is 0.323 e. The Morgan fingerprint density at radius 3 is 2.52 bits per heavy atom. The van der Waals surface area contributed by atoms with Gasteiger partial charge in [0.05, 0.1) is 6.61 Å². The SMILES string of the molecule is CCCOc1nc(NC)nc(NCC2(CCOC)CC2)n1. The van der Waals surface area contributed by atoms with Crippen molar-refractivity contribution >= 4 is 11.9 Å². The Hall–Kier alpha value is -1.63. The van der Waals surface area contributed by atoms with Crippen molar-refractivity contribution in [3.8, 4) is 6.01 Å². The summed E-state index contributed by atoms with van der Waals surface area (Å²) in [5.41, 5.74) is 0.340. The van der Waals surface area contributed by atoms with Crippen LogP contribution in [-0.2, 0) is 4.74 Å². The van der Waals surface area contributed by atoms with Crippen molar-refractivity contribution < 1.29 is 9.47 Å². The average molecular weight is 295 g/mol. The molecule has 2 N–H and O–H groups in total. The van der Waals surface area contributed by atoms with Crippen LogP contribution in [0.3, 0.4) is 0 Å². The lowest BCUT2D eigenvalue weighted by Crippen LogP contribution is -2.19. The molecule has 0 atom stereocenters. The molecule has 1 aromatic heterocycles. The van der Waals surface area contributed by atoms with E-state index in [1.807, 2.05) is 6.92 Å². The third-order valence-corrected chi connectivity index (χ3v) is 3.69. The lowest BCUT2D eigenvalue weighted by atomic mass is 10.0. The van der Waals surface area contributed by atoms with Crippen molar-refractivity contribution in [1.29, 1.82) is 0 Å². The standard InChI is InChI=1S/C14H25N5O2/c1-4-8-21-13-18-11(15-2)17-12(19-13)16-10-14(5-6-14)7-9-20-3/h4-10H2,1-3H3,(H2,15,16,17,18,19). The molecule has 7 nitrogen and oxygen atoms in total. The first-order chi connectivity index (χ1) is 10.2. The minimum Gasteiger partial charge on any atom is -0.463 e. The molecule has 1 saturated carbocycles. The molecule has 1 aliphatic rings. The fourth-order valence-corrected chi connectivity index (χ4v) is 2.08. The van der Waals surface area contributed by atoms with Crippen LogP contribution >= 0.6 is 0 Å². The molecular weight excluding hydrogens is 270 g/mol. The second kappa shape index (κ2) is 7.40. The summed E-state index contributed by atoms with van der Waals surface area (Å²) in [5.74, 6) is 1.07. The lowest BCUT2D eigenvalue weighted by molar-refractivity contribution is 0.174.